The van der Waals surface area contributed by atoms with Gasteiger partial charge in [0.1, 0.15) is 11.7 Å². The molecule has 9 atom stereocenters. The largest absolute Gasteiger partial charge is 0.451 e. The summed E-state index contributed by atoms with van der Waals surface area (Å²) in [5.74, 6) is -0.906. The van der Waals surface area contributed by atoms with Gasteiger partial charge in [0.2, 0.25) is 0 Å². The number of aliphatic hydroxyl groups is 2. The Balaban J connectivity index is 1.52. The Kier molecular flexibility index (Phi) is 5.20. The summed E-state index contributed by atoms with van der Waals surface area (Å²) in [6, 6.07) is 0. The van der Waals surface area contributed by atoms with E-state index >= 15 is 0 Å². The fraction of sp³-hybridized carbons (Fsp3) is 0.700. The van der Waals surface area contributed by atoms with E-state index < -0.39 is 41.1 Å². The van der Waals surface area contributed by atoms with Crippen molar-refractivity contribution in [1.29, 1.82) is 0 Å². The Hall–Kier alpha value is -1.93. The quantitative estimate of drug-likeness (QED) is 0.406. The van der Waals surface area contributed by atoms with Crippen molar-refractivity contribution < 1.29 is 29.2 Å². The third kappa shape index (κ3) is 3.11. The Morgan fingerprint density at radius 2 is 1.89 bits per heavy atom. The van der Waals surface area contributed by atoms with Gasteiger partial charge in [-0.2, -0.15) is 0 Å². The predicted octanol–water partition coefficient (Wildman–Crippen LogP) is 4.21. The number of aliphatic hydroxyl groups excluding tert-OH is 1. The zero-order valence-corrected chi connectivity index (χ0v) is 23.2. The first-order valence-electron chi connectivity index (χ1n) is 13.6. The van der Waals surface area contributed by atoms with E-state index in [1.165, 1.54) is 0 Å². The van der Waals surface area contributed by atoms with Crippen LogP contribution in [0.1, 0.15) is 69.6 Å². The summed E-state index contributed by atoms with van der Waals surface area (Å²) in [4.78, 5) is 16.7. The van der Waals surface area contributed by atoms with Crippen LogP contribution in [-0.4, -0.2) is 57.5 Å². The number of fused-ring (bicyclic) bond motifs is 5. The van der Waals surface area contributed by atoms with Gasteiger partial charge in [-0.25, -0.2) is 4.79 Å². The zero-order chi connectivity index (χ0) is 26.9. The molecule has 3 fully saturated rings. The van der Waals surface area contributed by atoms with Crippen LogP contribution in [0.2, 0.25) is 0 Å². The fourth-order valence-electron chi connectivity index (χ4n) is 8.75. The van der Waals surface area contributed by atoms with Gasteiger partial charge in [0.05, 0.1) is 23.7 Å². The number of esters is 1. The second-order valence-electron chi connectivity index (χ2n) is 13.4. The normalized spacial score (nSPS) is 44.9. The number of hydrogen-bond acceptors (Lipinski definition) is 6. The Bertz CT molecular complexity index is 1210. The maximum absolute atomic E-state index is 13.6. The van der Waals surface area contributed by atoms with E-state index in [-0.39, 0.29) is 17.3 Å². The lowest BCUT2D eigenvalue weighted by molar-refractivity contribution is -0.312. The first-order chi connectivity index (χ1) is 17.2. The first-order valence-corrected chi connectivity index (χ1v) is 13.6. The number of aryl methyl sites for hydroxylation is 2. The molecule has 1 spiro atoms. The summed E-state index contributed by atoms with van der Waals surface area (Å²) in [6.07, 6.45) is 4.17. The van der Waals surface area contributed by atoms with Crippen molar-refractivity contribution in [3.63, 3.8) is 0 Å². The van der Waals surface area contributed by atoms with Crippen LogP contribution in [0.5, 0.6) is 0 Å². The minimum absolute atomic E-state index is 0.0662. The van der Waals surface area contributed by atoms with E-state index in [0.717, 1.165) is 28.8 Å². The van der Waals surface area contributed by atoms with Crippen LogP contribution in [0.25, 0.3) is 0 Å². The molecular weight excluding hydrogens is 470 g/mol. The van der Waals surface area contributed by atoms with Crippen LogP contribution in [0.4, 0.5) is 0 Å². The smallest absolute Gasteiger partial charge is 0.340 e. The molecule has 1 unspecified atom stereocenters. The number of rotatable bonds is 2. The monoisotopic (exact) mass is 511 g/mol. The summed E-state index contributed by atoms with van der Waals surface area (Å²) >= 11 is 0. The molecule has 3 N–H and O–H groups in total. The number of hydrogen-bond donors (Lipinski definition) is 3. The molecule has 5 aliphatic rings. The molecule has 0 radical (unpaired) electrons. The number of ether oxygens (including phenoxy) is 3. The van der Waals surface area contributed by atoms with Crippen molar-refractivity contribution in [3.8, 4) is 0 Å². The van der Waals surface area contributed by atoms with Crippen LogP contribution < -0.4 is 0 Å². The summed E-state index contributed by atoms with van der Waals surface area (Å²) < 4.78 is 18.8. The van der Waals surface area contributed by atoms with Gasteiger partial charge in [-0.3, -0.25) is 0 Å². The highest BCUT2D eigenvalue weighted by atomic mass is 16.7. The molecule has 1 aliphatic heterocycles. The zero-order valence-electron chi connectivity index (χ0n) is 23.2. The summed E-state index contributed by atoms with van der Waals surface area (Å²) in [6.45, 7) is 16.3. The molecule has 2 saturated carbocycles. The second-order valence-corrected chi connectivity index (χ2v) is 13.4. The molecule has 0 amide bonds. The Labute approximate surface area is 219 Å². The number of carbonyl (C=O) groups excluding carboxylic acids is 1. The number of H-pyrrole nitrogens is 1. The maximum Gasteiger partial charge on any atom is 0.340 e. The molecule has 4 aliphatic carbocycles. The molecule has 37 heavy (non-hydrogen) atoms. The lowest BCUT2D eigenvalue weighted by atomic mass is 9.58. The van der Waals surface area contributed by atoms with E-state index in [1.807, 2.05) is 40.7 Å². The van der Waals surface area contributed by atoms with E-state index in [9.17, 15) is 15.0 Å². The SMILES string of the molecule is CC1=C[C@]23C(O)[C@@H](C=C4COC(C)(C)O[C@H]4[C@]2(O)[C@H]1OC(=O)c1c(C)c[nH]c1C)[C@H]1[C@@H](C[C@H]3C)C1(C)C. The summed E-state index contributed by atoms with van der Waals surface area (Å²) in [5, 5.41) is 25.4. The van der Waals surface area contributed by atoms with Gasteiger partial charge in [0.15, 0.2) is 11.9 Å². The Morgan fingerprint density at radius 1 is 1.19 bits per heavy atom. The number of carbonyl (C=O) groups is 1. The summed E-state index contributed by atoms with van der Waals surface area (Å²) in [5.41, 5.74) is 0.916. The van der Waals surface area contributed by atoms with E-state index in [0.29, 0.717) is 24.0 Å². The minimum Gasteiger partial charge on any atom is -0.451 e. The Morgan fingerprint density at radius 3 is 2.54 bits per heavy atom. The standard InChI is InChI=1S/C30H41NO6/c1-14-11-29-16(3)9-20-22(27(20,5)6)19(23(29)32)10-18-13-35-28(7,8)37-25(18)30(29,34)24(14)36-26(33)21-15(2)12-31-17(21)4/h10-12,16,19-20,22-25,31-32,34H,9,13H2,1-8H3/t16-,19+,20-,22+,23?,24+,25-,29+,30-/m1/s1. The molecule has 1 saturated heterocycles. The van der Waals surface area contributed by atoms with Crippen molar-refractivity contribution in [2.45, 2.75) is 91.5 Å². The third-order valence-corrected chi connectivity index (χ3v) is 10.6. The average Bonchev–Trinajstić information content (AvgIpc) is 3.09. The molecule has 1 aromatic heterocycles. The fourth-order valence-corrected chi connectivity index (χ4v) is 8.75. The third-order valence-electron chi connectivity index (χ3n) is 10.6. The van der Waals surface area contributed by atoms with Gasteiger partial charge in [0.25, 0.3) is 0 Å². The molecule has 6 rings (SSSR count). The van der Waals surface area contributed by atoms with E-state index in [4.69, 9.17) is 14.2 Å². The average molecular weight is 512 g/mol. The highest BCUT2D eigenvalue weighted by molar-refractivity contribution is 5.92. The van der Waals surface area contributed by atoms with Crippen molar-refractivity contribution in [3.05, 3.63) is 46.3 Å². The van der Waals surface area contributed by atoms with Crippen LogP contribution in [0.3, 0.4) is 0 Å². The van der Waals surface area contributed by atoms with Gasteiger partial charge >= 0.3 is 5.97 Å². The van der Waals surface area contributed by atoms with Crippen LogP contribution >= 0.6 is 0 Å². The summed E-state index contributed by atoms with van der Waals surface area (Å²) in [7, 11) is 0. The predicted molar refractivity (Wildman–Crippen MR) is 138 cm³/mol. The van der Waals surface area contributed by atoms with Crippen molar-refractivity contribution in [1.82, 2.24) is 4.98 Å². The molecule has 2 heterocycles. The highest BCUT2D eigenvalue weighted by Crippen LogP contribution is 2.73. The molecule has 1 aromatic rings. The van der Waals surface area contributed by atoms with Crippen LogP contribution in [0.15, 0.2) is 29.5 Å². The highest BCUT2D eigenvalue weighted by Gasteiger charge is 2.77. The van der Waals surface area contributed by atoms with Gasteiger partial charge in [-0.15, -0.1) is 0 Å². The number of aromatic nitrogens is 1. The van der Waals surface area contributed by atoms with E-state index in [1.54, 1.807) is 6.20 Å². The maximum atomic E-state index is 13.6. The first kappa shape index (κ1) is 25.4. The van der Waals surface area contributed by atoms with Gasteiger partial charge < -0.3 is 29.4 Å². The topological polar surface area (TPSA) is 101 Å². The molecule has 7 heteroatoms. The number of nitrogens with one attached hydrogen (secondary N) is 1. The van der Waals surface area contributed by atoms with E-state index in [2.05, 4.69) is 31.8 Å². The van der Waals surface area contributed by atoms with Gasteiger partial charge in [0, 0.05) is 17.8 Å². The lowest BCUT2D eigenvalue weighted by Crippen LogP contribution is -2.69. The lowest BCUT2D eigenvalue weighted by Gasteiger charge is -2.55. The number of aromatic amines is 1. The molecule has 2 bridgehead atoms. The van der Waals surface area contributed by atoms with Gasteiger partial charge in [-0.1, -0.05) is 32.9 Å². The van der Waals surface area contributed by atoms with Crippen LogP contribution in [-0.2, 0) is 14.2 Å². The molecule has 0 aromatic carbocycles. The molecule has 7 nitrogen and oxygen atoms in total. The second kappa shape index (κ2) is 7.59. The molecular formula is C30H41NO6. The van der Waals surface area contributed by atoms with Crippen molar-refractivity contribution in [2.75, 3.05) is 6.61 Å². The van der Waals surface area contributed by atoms with Crippen molar-refractivity contribution >= 4 is 5.97 Å². The minimum atomic E-state index is -1.70. The van der Waals surface area contributed by atoms with Crippen LogP contribution in [0, 0.1) is 48.3 Å². The van der Waals surface area contributed by atoms with Gasteiger partial charge in [-0.05, 0) is 80.9 Å². The molecule has 202 valence electrons. The van der Waals surface area contributed by atoms with Crippen molar-refractivity contribution in [2.24, 2.45) is 34.5 Å².